The Balaban J connectivity index is 2.24. The summed E-state index contributed by atoms with van der Waals surface area (Å²) < 4.78 is 65.3. The number of pyridine rings is 1. The van der Waals surface area contributed by atoms with Gasteiger partial charge in [0.1, 0.15) is 0 Å². The fourth-order valence-electron chi connectivity index (χ4n) is 2.75. The fraction of sp³-hybridized carbons (Fsp3) is 0.167. The van der Waals surface area contributed by atoms with Crippen molar-refractivity contribution in [1.82, 2.24) is 14.3 Å². The maximum absolute atomic E-state index is 14.2. The van der Waals surface area contributed by atoms with Gasteiger partial charge in [0.15, 0.2) is 9.84 Å². The molecule has 148 valence electrons. The molecule has 2 aromatic heterocycles. The smallest absolute Gasteiger partial charge is 0.268 e. The van der Waals surface area contributed by atoms with E-state index in [9.17, 15) is 21.2 Å². The molecule has 0 unspecified atom stereocenters. The Bertz CT molecular complexity index is 1240. The van der Waals surface area contributed by atoms with Gasteiger partial charge in [-0.3, -0.25) is 0 Å². The Kier molecular flexibility index (Phi) is 5.37. The first-order valence-electron chi connectivity index (χ1n) is 8.17. The lowest BCUT2D eigenvalue weighted by molar-refractivity contribution is 0.582. The summed E-state index contributed by atoms with van der Waals surface area (Å²) in [5.74, 6) is -0.807. The second-order valence-corrected chi connectivity index (χ2v) is 9.98. The average molecular weight is 423 g/mol. The third kappa shape index (κ3) is 3.84. The van der Waals surface area contributed by atoms with Crippen LogP contribution in [-0.2, 0) is 26.4 Å². The Morgan fingerprint density at radius 2 is 1.79 bits per heavy atom. The van der Waals surface area contributed by atoms with E-state index >= 15 is 0 Å². The molecule has 0 spiro atoms. The molecule has 0 bridgehead atoms. The molecule has 3 rings (SSSR count). The van der Waals surface area contributed by atoms with E-state index in [1.165, 1.54) is 42.7 Å². The van der Waals surface area contributed by atoms with Crippen molar-refractivity contribution >= 4 is 19.9 Å². The van der Waals surface area contributed by atoms with Crippen LogP contribution in [0.4, 0.5) is 4.39 Å². The molecule has 2 heterocycles. The van der Waals surface area contributed by atoms with Gasteiger partial charge in [0.05, 0.1) is 21.0 Å². The van der Waals surface area contributed by atoms with E-state index in [-0.39, 0.29) is 21.0 Å². The van der Waals surface area contributed by atoms with Crippen LogP contribution in [0.3, 0.4) is 0 Å². The first-order valence-corrected chi connectivity index (χ1v) is 11.5. The molecular formula is C18H18FN3O4S2. The van der Waals surface area contributed by atoms with Crippen LogP contribution < -0.4 is 5.32 Å². The standard InChI is InChI=1S/C18H18FN3O4S2/c1-20-11-13-9-17(16-7-4-8-21-18(16)19)22(12-13)28(25,26)15-6-3-5-14(10-15)27(2,23)24/h3-10,12,20H,11H2,1-2H3. The number of sulfone groups is 1. The van der Waals surface area contributed by atoms with Crippen LogP contribution in [0.5, 0.6) is 0 Å². The molecule has 28 heavy (non-hydrogen) atoms. The quantitative estimate of drug-likeness (QED) is 0.610. The number of hydrogen-bond donors (Lipinski definition) is 1. The highest BCUT2D eigenvalue weighted by molar-refractivity contribution is 7.91. The van der Waals surface area contributed by atoms with Crippen molar-refractivity contribution in [2.24, 2.45) is 0 Å². The van der Waals surface area contributed by atoms with Gasteiger partial charge in [-0.2, -0.15) is 4.39 Å². The molecule has 0 radical (unpaired) electrons. The van der Waals surface area contributed by atoms with E-state index in [0.717, 1.165) is 16.3 Å². The highest BCUT2D eigenvalue weighted by Crippen LogP contribution is 2.29. The van der Waals surface area contributed by atoms with Gasteiger partial charge in [0.25, 0.3) is 10.0 Å². The summed E-state index contributed by atoms with van der Waals surface area (Å²) in [7, 11) is -6.08. The zero-order valence-electron chi connectivity index (χ0n) is 15.1. The van der Waals surface area contributed by atoms with Crippen LogP contribution in [-0.4, -0.2) is 39.1 Å². The number of benzene rings is 1. The van der Waals surface area contributed by atoms with Gasteiger partial charge in [0.2, 0.25) is 5.95 Å². The van der Waals surface area contributed by atoms with Crippen molar-refractivity contribution in [3.8, 4) is 11.3 Å². The van der Waals surface area contributed by atoms with Gasteiger partial charge < -0.3 is 5.32 Å². The van der Waals surface area contributed by atoms with Crippen molar-refractivity contribution in [2.45, 2.75) is 16.3 Å². The molecule has 10 heteroatoms. The topological polar surface area (TPSA) is 98.1 Å². The Morgan fingerprint density at radius 1 is 1.07 bits per heavy atom. The summed E-state index contributed by atoms with van der Waals surface area (Å²) in [6.07, 6.45) is 3.64. The molecule has 1 aromatic carbocycles. The van der Waals surface area contributed by atoms with Gasteiger partial charge in [-0.1, -0.05) is 6.07 Å². The summed E-state index contributed by atoms with van der Waals surface area (Å²) >= 11 is 0. The molecule has 7 nitrogen and oxygen atoms in total. The molecule has 0 aliphatic heterocycles. The van der Waals surface area contributed by atoms with Crippen LogP contribution in [0.25, 0.3) is 11.3 Å². The van der Waals surface area contributed by atoms with Crippen LogP contribution in [0.15, 0.2) is 64.6 Å². The number of nitrogens with zero attached hydrogens (tertiary/aromatic N) is 2. The maximum Gasteiger partial charge on any atom is 0.268 e. The number of rotatable bonds is 6. The molecule has 1 N–H and O–H groups in total. The van der Waals surface area contributed by atoms with E-state index in [2.05, 4.69) is 10.3 Å². The monoisotopic (exact) mass is 423 g/mol. The Labute approximate surface area is 162 Å². The van der Waals surface area contributed by atoms with Gasteiger partial charge in [-0.05, 0) is 49.0 Å². The normalized spacial score (nSPS) is 12.2. The minimum Gasteiger partial charge on any atom is -0.316 e. The minimum absolute atomic E-state index is 0.0210. The lowest BCUT2D eigenvalue weighted by atomic mass is 10.2. The summed E-state index contributed by atoms with van der Waals surface area (Å²) in [4.78, 5) is 3.25. The summed E-state index contributed by atoms with van der Waals surface area (Å²) in [6.45, 7) is 0.362. The molecule has 0 saturated carbocycles. The number of hydrogen-bond acceptors (Lipinski definition) is 6. The zero-order chi connectivity index (χ0) is 20.5. The van der Waals surface area contributed by atoms with Gasteiger partial charge in [-0.15, -0.1) is 0 Å². The largest absolute Gasteiger partial charge is 0.316 e. The van der Waals surface area contributed by atoms with Crippen LogP contribution in [0, 0.1) is 5.95 Å². The molecule has 0 aliphatic carbocycles. The summed E-state index contributed by atoms with van der Waals surface area (Å²) in [5.41, 5.74) is 0.733. The predicted octanol–water partition coefficient (Wildman–Crippen LogP) is 2.05. The van der Waals surface area contributed by atoms with E-state index < -0.39 is 25.8 Å². The Morgan fingerprint density at radius 3 is 2.43 bits per heavy atom. The first-order chi connectivity index (χ1) is 13.1. The lowest BCUT2D eigenvalue weighted by Crippen LogP contribution is -2.14. The highest BCUT2D eigenvalue weighted by Gasteiger charge is 2.24. The average Bonchev–Trinajstić information content (AvgIpc) is 3.06. The lowest BCUT2D eigenvalue weighted by Gasteiger charge is -2.11. The second kappa shape index (κ2) is 7.46. The van der Waals surface area contributed by atoms with Crippen molar-refractivity contribution in [1.29, 1.82) is 0 Å². The number of aromatic nitrogens is 2. The van der Waals surface area contributed by atoms with Crippen molar-refractivity contribution in [3.05, 3.63) is 66.4 Å². The molecule has 0 atom stereocenters. The van der Waals surface area contributed by atoms with Gasteiger partial charge >= 0.3 is 0 Å². The van der Waals surface area contributed by atoms with Gasteiger partial charge in [0, 0.05) is 25.2 Å². The van der Waals surface area contributed by atoms with E-state index in [1.54, 1.807) is 13.1 Å². The molecule has 0 saturated heterocycles. The minimum atomic E-state index is -4.18. The molecular weight excluding hydrogens is 405 g/mol. The predicted molar refractivity (Wildman–Crippen MR) is 103 cm³/mol. The number of nitrogens with one attached hydrogen (secondary N) is 1. The van der Waals surface area contributed by atoms with Crippen LogP contribution in [0.1, 0.15) is 5.56 Å². The third-order valence-corrected chi connectivity index (χ3v) is 6.83. The highest BCUT2D eigenvalue weighted by atomic mass is 32.2. The van der Waals surface area contributed by atoms with E-state index in [0.29, 0.717) is 12.1 Å². The zero-order valence-corrected chi connectivity index (χ0v) is 16.8. The number of halogens is 1. The van der Waals surface area contributed by atoms with Crippen LogP contribution in [0.2, 0.25) is 0 Å². The van der Waals surface area contributed by atoms with E-state index in [4.69, 9.17) is 0 Å². The third-order valence-electron chi connectivity index (χ3n) is 4.05. The molecule has 3 aromatic rings. The first kappa shape index (κ1) is 20.2. The van der Waals surface area contributed by atoms with Crippen molar-refractivity contribution in [3.63, 3.8) is 0 Å². The Hall–Kier alpha value is -2.56. The van der Waals surface area contributed by atoms with Crippen molar-refractivity contribution in [2.75, 3.05) is 13.3 Å². The van der Waals surface area contributed by atoms with Gasteiger partial charge in [-0.25, -0.2) is 25.8 Å². The molecule has 0 aliphatic rings. The SMILES string of the molecule is CNCc1cc(-c2cccnc2F)n(S(=O)(=O)c2cccc(S(C)(=O)=O)c2)c1. The summed E-state index contributed by atoms with van der Waals surface area (Å²) in [5, 5.41) is 2.91. The van der Waals surface area contributed by atoms with E-state index in [1.807, 2.05) is 0 Å². The molecule has 0 amide bonds. The fourth-order valence-corrected chi connectivity index (χ4v) is 4.93. The summed E-state index contributed by atoms with van der Waals surface area (Å²) in [6, 6.07) is 9.54. The van der Waals surface area contributed by atoms with Crippen molar-refractivity contribution < 1.29 is 21.2 Å². The molecule has 0 fully saturated rings. The maximum atomic E-state index is 14.2. The second-order valence-electron chi connectivity index (χ2n) is 6.15. The van der Waals surface area contributed by atoms with Crippen LogP contribution >= 0.6 is 0 Å².